The van der Waals surface area contributed by atoms with E-state index in [-0.39, 0.29) is 17.9 Å². The van der Waals surface area contributed by atoms with Gasteiger partial charge in [-0.3, -0.25) is 9.69 Å². The van der Waals surface area contributed by atoms with Crippen LogP contribution in [-0.4, -0.2) is 57.6 Å². The summed E-state index contributed by atoms with van der Waals surface area (Å²) in [4.78, 5) is 35.3. The van der Waals surface area contributed by atoms with Crippen molar-refractivity contribution in [3.8, 4) is 17.9 Å². The zero-order chi connectivity index (χ0) is 28.2. The number of nitrogens with zero attached hydrogens (tertiary/aromatic N) is 4. The Morgan fingerprint density at radius 3 is 2.62 bits per heavy atom. The van der Waals surface area contributed by atoms with E-state index in [1.165, 1.54) is 4.90 Å². The van der Waals surface area contributed by atoms with Gasteiger partial charge in [-0.15, -0.1) is 0 Å². The highest BCUT2D eigenvalue weighted by Gasteiger charge is 2.33. The monoisotopic (exact) mass is 529 g/mol. The van der Waals surface area contributed by atoms with Gasteiger partial charge in [0.25, 0.3) is 0 Å². The van der Waals surface area contributed by atoms with Crippen molar-refractivity contribution in [2.45, 2.75) is 77.1 Å². The van der Waals surface area contributed by atoms with Crippen molar-refractivity contribution in [3.05, 3.63) is 41.6 Å². The van der Waals surface area contributed by atoms with Crippen molar-refractivity contribution < 1.29 is 14.3 Å². The molecule has 39 heavy (non-hydrogen) atoms. The minimum Gasteiger partial charge on any atom is -0.444 e. The van der Waals surface area contributed by atoms with E-state index in [9.17, 15) is 9.59 Å². The van der Waals surface area contributed by atoms with Crippen LogP contribution in [0.4, 0.5) is 22.2 Å². The molecule has 10 nitrogen and oxygen atoms in total. The Balaban J connectivity index is 1.33. The number of nitrogens with one attached hydrogen (secondary N) is 3. The van der Waals surface area contributed by atoms with Crippen LogP contribution in [0.2, 0.25) is 0 Å². The molecule has 0 spiro atoms. The van der Waals surface area contributed by atoms with E-state index in [2.05, 4.69) is 43.8 Å². The van der Waals surface area contributed by atoms with Crippen molar-refractivity contribution in [1.82, 2.24) is 20.2 Å². The Morgan fingerprint density at radius 2 is 1.95 bits per heavy atom. The van der Waals surface area contributed by atoms with E-state index in [1.54, 1.807) is 59.1 Å². The first-order valence-corrected chi connectivity index (χ1v) is 13.2. The van der Waals surface area contributed by atoms with Gasteiger partial charge in [0.05, 0.1) is 23.4 Å². The summed E-state index contributed by atoms with van der Waals surface area (Å²) < 4.78 is 5.35. The fraction of sp³-hybridized carbons (Fsp3) is 0.483. The Bertz CT molecular complexity index is 1320. The minimum atomic E-state index is -0.646. The Kier molecular flexibility index (Phi) is 8.25. The van der Waals surface area contributed by atoms with Gasteiger partial charge in [0.1, 0.15) is 17.5 Å². The SMILES string of the molecule is C[C@@H](C(=O)NC1CC(C#Cc2cnc(Nc3cccc(C#N)c3)nc2NC2CC2)C1)N(C)C(=O)OC(C)(C)C. The third-order valence-corrected chi connectivity index (χ3v) is 6.49. The van der Waals surface area contributed by atoms with Crippen LogP contribution in [0.3, 0.4) is 0 Å². The third kappa shape index (κ3) is 7.84. The molecule has 0 bridgehead atoms. The lowest BCUT2D eigenvalue weighted by atomic mass is 9.80. The smallest absolute Gasteiger partial charge is 0.410 e. The van der Waals surface area contributed by atoms with E-state index in [4.69, 9.17) is 10.00 Å². The van der Waals surface area contributed by atoms with Crippen LogP contribution in [-0.2, 0) is 9.53 Å². The molecule has 1 aromatic carbocycles. The molecule has 0 unspecified atom stereocenters. The summed E-state index contributed by atoms with van der Waals surface area (Å²) >= 11 is 0. The van der Waals surface area contributed by atoms with Crippen LogP contribution in [0.1, 0.15) is 64.5 Å². The first kappa shape index (κ1) is 27.7. The minimum absolute atomic E-state index is 0.0161. The molecule has 1 atom stereocenters. The topological polar surface area (TPSA) is 132 Å². The highest BCUT2D eigenvalue weighted by atomic mass is 16.6. The van der Waals surface area contributed by atoms with E-state index >= 15 is 0 Å². The number of likely N-dealkylation sites (N-methyl/N-ethyl adjacent to an activating group) is 1. The van der Waals surface area contributed by atoms with Gasteiger partial charge in [-0.1, -0.05) is 17.9 Å². The van der Waals surface area contributed by atoms with Gasteiger partial charge in [-0.2, -0.15) is 10.2 Å². The van der Waals surface area contributed by atoms with E-state index in [0.717, 1.165) is 36.9 Å². The lowest BCUT2D eigenvalue weighted by molar-refractivity contribution is -0.126. The number of rotatable bonds is 7. The molecule has 0 saturated heterocycles. The van der Waals surface area contributed by atoms with Crippen LogP contribution < -0.4 is 16.0 Å². The van der Waals surface area contributed by atoms with Crippen molar-refractivity contribution in [2.75, 3.05) is 17.7 Å². The van der Waals surface area contributed by atoms with Gasteiger partial charge in [0, 0.05) is 30.7 Å². The third-order valence-electron chi connectivity index (χ3n) is 6.49. The number of carbonyl (C=O) groups is 2. The molecular formula is C29H35N7O3. The summed E-state index contributed by atoms with van der Waals surface area (Å²) in [5.74, 6) is 7.55. The van der Waals surface area contributed by atoms with Gasteiger partial charge in [-0.05, 0) is 71.6 Å². The second-order valence-electron chi connectivity index (χ2n) is 11.1. The maximum absolute atomic E-state index is 12.7. The zero-order valence-electron chi connectivity index (χ0n) is 23.0. The number of hydrogen-bond donors (Lipinski definition) is 3. The van der Waals surface area contributed by atoms with Gasteiger partial charge >= 0.3 is 6.09 Å². The average molecular weight is 530 g/mol. The van der Waals surface area contributed by atoms with Gasteiger partial charge in [0.2, 0.25) is 11.9 Å². The first-order valence-electron chi connectivity index (χ1n) is 13.2. The molecule has 1 aromatic heterocycles. The summed E-state index contributed by atoms with van der Waals surface area (Å²) in [6, 6.07) is 9.03. The van der Waals surface area contributed by atoms with Gasteiger partial charge < -0.3 is 20.7 Å². The Hall–Kier alpha value is -4.31. The molecule has 0 aliphatic heterocycles. The predicted octanol–water partition coefficient (Wildman–Crippen LogP) is 4.17. The van der Waals surface area contributed by atoms with Crippen molar-refractivity contribution in [1.29, 1.82) is 5.26 Å². The molecule has 10 heteroatoms. The van der Waals surface area contributed by atoms with Crippen molar-refractivity contribution >= 4 is 29.5 Å². The first-order chi connectivity index (χ1) is 18.5. The number of aromatic nitrogens is 2. The average Bonchev–Trinajstić information content (AvgIpc) is 3.68. The van der Waals surface area contributed by atoms with Crippen LogP contribution in [0.15, 0.2) is 30.5 Å². The number of nitriles is 1. The van der Waals surface area contributed by atoms with E-state index < -0.39 is 17.7 Å². The maximum atomic E-state index is 12.7. The molecule has 2 aromatic rings. The molecule has 3 N–H and O–H groups in total. The molecule has 2 saturated carbocycles. The largest absolute Gasteiger partial charge is 0.444 e. The van der Waals surface area contributed by atoms with Gasteiger partial charge in [-0.25, -0.2) is 9.78 Å². The van der Waals surface area contributed by atoms with Gasteiger partial charge in [0.15, 0.2) is 0 Å². The number of hydrogen-bond acceptors (Lipinski definition) is 8. The number of amides is 2. The summed E-state index contributed by atoms with van der Waals surface area (Å²) in [6.45, 7) is 7.05. The number of benzene rings is 1. The summed E-state index contributed by atoms with van der Waals surface area (Å²) in [5.41, 5.74) is 1.39. The number of ether oxygens (including phenoxy) is 1. The lowest BCUT2D eigenvalue weighted by Crippen LogP contribution is -2.52. The van der Waals surface area contributed by atoms with Crippen LogP contribution in [0.25, 0.3) is 0 Å². The molecule has 2 amide bonds. The van der Waals surface area contributed by atoms with E-state index in [0.29, 0.717) is 23.4 Å². The summed E-state index contributed by atoms with van der Waals surface area (Å²) in [6.07, 6.45) is 4.83. The molecule has 1 heterocycles. The second-order valence-corrected chi connectivity index (χ2v) is 11.1. The molecule has 4 rings (SSSR count). The normalized spacial score (nSPS) is 18.8. The highest BCUT2D eigenvalue weighted by molar-refractivity contribution is 5.85. The Morgan fingerprint density at radius 1 is 1.21 bits per heavy atom. The Labute approximate surface area is 229 Å². The molecule has 0 radical (unpaired) electrons. The van der Waals surface area contributed by atoms with Crippen LogP contribution in [0, 0.1) is 29.1 Å². The fourth-order valence-electron chi connectivity index (χ4n) is 3.88. The van der Waals surface area contributed by atoms with Crippen LogP contribution >= 0.6 is 0 Å². The number of carbonyl (C=O) groups excluding carboxylic acids is 2. The van der Waals surface area contributed by atoms with Crippen molar-refractivity contribution in [2.24, 2.45) is 5.92 Å². The highest BCUT2D eigenvalue weighted by Crippen LogP contribution is 2.29. The summed E-state index contributed by atoms with van der Waals surface area (Å²) in [5, 5.41) is 18.7. The fourth-order valence-corrected chi connectivity index (χ4v) is 3.88. The van der Waals surface area contributed by atoms with Crippen LogP contribution in [0.5, 0.6) is 0 Å². The molecule has 2 aliphatic carbocycles. The lowest BCUT2D eigenvalue weighted by Gasteiger charge is -2.34. The predicted molar refractivity (Wildman–Crippen MR) is 148 cm³/mol. The second kappa shape index (κ2) is 11.6. The standard InChI is InChI=1S/C29H35N7O3/c1-18(36(5)28(38)39-29(2,3)4)26(37)33-24-13-19(14-24)9-10-21-17-31-27(35-25(21)32-22-11-12-22)34-23-8-6-7-20(15-23)16-30/h6-8,15,17-19,22,24H,11-14H2,1-5H3,(H,33,37)(H2,31,32,34,35)/t18-,19?,24?/m0/s1. The zero-order valence-corrected chi connectivity index (χ0v) is 23.0. The molecule has 204 valence electrons. The van der Waals surface area contributed by atoms with E-state index in [1.807, 2.05) is 6.07 Å². The molecule has 2 aliphatic rings. The molecular weight excluding hydrogens is 494 g/mol. The molecule has 2 fully saturated rings. The number of anilines is 3. The summed E-state index contributed by atoms with van der Waals surface area (Å²) in [7, 11) is 1.56. The maximum Gasteiger partial charge on any atom is 0.410 e. The quantitative estimate of drug-likeness (QED) is 0.456. The van der Waals surface area contributed by atoms with Crippen molar-refractivity contribution in [3.63, 3.8) is 0 Å².